The van der Waals surface area contributed by atoms with Crippen LogP contribution in [0.25, 0.3) is 112 Å². The van der Waals surface area contributed by atoms with Crippen molar-refractivity contribution < 1.29 is 0 Å². The standard InChI is InChI=1S/C59H37N5S/c1-4-18-38(19-5-1)41-24-16-25-42(34-41)56-60-57(45-36-43(39-20-6-2-7-21-39)35-44(37-45)40-22-8-3-9-23-40)62-58(61-56)47-27-11-13-30-50(47)63-49-29-12-10-26-46(49)54-48-28-17-33-53-55(48)64(59(54)63)51-31-14-15-32-52(51)65-53/h1-37H. The second-order valence-corrected chi connectivity index (χ2v) is 17.5. The second kappa shape index (κ2) is 15.2. The minimum atomic E-state index is 0.592. The van der Waals surface area contributed by atoms with Gasteiger partial charge in [-0.2, -0.15) is 0 Å². The molecule has 304 valence electrons. The van der Waals surface area contributed by atoms with Crippen LogP contribution in [-0.2, 0) is 0 Å². The molecule has 4 heterocycles. The van der Waals surface area contributed by atoms with E-state index in [0.717, 1.165) is 66.9 Å². The minimum absolute atomic E-state index is 0.592. The van der Waals surface area contributed by atoms with Gasteiger partial charge in [-0.25, -0.2) is 15.0 Å². The van der Waals surface area contributed by atoms with E-state index in [9.17, 15) is 0 Å². The highest BCUT2D eigenvalue weighted by Crippen LogP contribution is 2.50. The Morgan fingerprint density at radius 1 is 0.323 bits per heavy atom. The summed E-state index contributed by atoms with van der Waals surface area (Å²) in [6.45, 7) is 0. The number of para-hydroxylation sites is 4. The van der Waals surface area contributed by atoms with Gasteiger partial charge in [0.1, 0.15) is 5.65 Å². The lowest BCUT2D eigenvalue weighted by Gasteiger charge is -2.21. The fraction of sp³-hybridized carbons (Fsp3) is 0. The monoisotopic (exact) mass is 847 g/mol. The van der Waals surface area contributed by atoms with E-state index in [0.29, 0.717) is 17.5 Å². The molecule has 0 N–H and O–H groups in total. The van der Waals surface area contributed by atoms with E-state index < -0.39 is 0 Å². The molecule has 6 heteroatoms. The highest BCUT2D eigenvalue weighted by molar-refractivity contribution is 7.99. The van der Waals surface area contributed by atoms with Crippen molar-refractivity contribution in [2.24, 2.45) is 0 Å². The van der Waals surface area contributed by atoms with Crippen LogP contribution in [0.4, 0.5) is 0 Å². The SMILES string of the molecule is c1ccc(-c2cccc(-c3nc(-c4cc(-c5ccccc5)cc(-c5ccccc5)c4)nc(-c4ccccc4-n4c5ccccc5c5c6cccc7c6n(c54)-c4ccccc4S7)n3)c2)cc1. The zero-order chi connectivity index (χ0) is 42.8. The largest absolute Gasteiger partial charge is 0.294 e. The first-order valence-corrected chi connectivity index (χ1v) is 22.7. The molecule has 1 aliphatic rings. The summed E-state index contributed by atoms with van der Waals surface area (Å²) < 4.78 is 4.90. The van der Waals surface area contributed by atoms with E-state index in [-0.39, 0.29) is 0 Å². The molecule has 13 rings (SSSR count). The summed E-state index contributed by atoms with van der Waals surface area (Å²) in [6.07, 6.45) is 0. The van der Waals surface area contributed by atoms with E-state index in [1.165, 1.54) is 37.2 Å². The number of rotatable bonds is 7. The van der Waals surface area contributed by atoms with Crippen LogP contribution in [0.1, 0.15) is 0 Å². The third-order valence-electron chi connectivity index (χ3n) is 12.5. The van der Waals surface area contributed by atoms with E-state index in [4.69, 9.17) is 15.0 Å². The molecule has 65 heavy (non-hydrogen) atoms. The van der Waals surface area contributed by atoms with Crippen LogP contribution in [0.5, 0.6) is 0 Å². The molecular formula is C59H37N5S. The van der Waals surface area contributed by atoms with Crippen LogP contribution in [-0.4, -0.2) is 24.1 Å². The number of aromatic nitrogens is 5. The van der Waals surface area contributed by atoms with Gasteiger partial charge in [0, 0.05) is 42.6 Å². The number of fused-ring (bicyclic) bond motifs is 7. The fourth-order valence-corrected chi connectivity index (χ4v) is 10.7. The van der Waals surface area contributed by atoms with Crippen molar-refractivity contribution in [2.75, 3.05) is 0 Å². The molecule has 0 fully saturated rings. The van der Waals surface area contributed by atoms with Crippen LogP contribution >= 0.6 is 11.8 Å². The Morgan fingerprint density at radius 2 is 0.815 bits per heavy atom. The van der Waals surface area contributed by atoms with Gasteiger partial charge < -0.3 is 0 Å². The Hall–Kier alpha value is -8.32. The molecule has 0 saturated carbocycles. The second-order valence-electron chi connectivity index (χ2n) is 16.4. The maximum absolute atomic E-state index is 5.48. The highest BCUT2D eigenvalue weighted by atomic mass is 32.2. The average Bonchev–Trinajstić information content (AvgIpc) is 3.91. The van der Waals surface area contributed by atoms with Gasteiger partial charge in [-0.15, -0.1) is 0 Å². The van der Waals surface area contributed by atoms with Gasteiger partial charge in [-0.3, -0.25) is 9.13 Å². The Balaban J connectivity index is 1.09. The van der Waals surface area contributed by atoms with Gasteiger partial charge in [0.05, 0.1) is 22.4 Å². The van der Waals surface area contributed by atoms with Crippen LogP contribution in [0.3, 0.4) is 0 Å². The van der Waals surface area contributed by atoms with Crippen molar-refractivity contribution in [3.8, 4) is 78.9 Å². The predicted octanol–water partition coefficient (Wildman–Crippen LogP) is 15.4. The van der Waals surface area contributed by atoms with E-state index in [1.54, 1.807) is 0 Å². The fourth-order valence-electron chi connectivity index (χ4n) is 9.60. The molecule has 0 bridgehead atoms. The molecule has 0 radical (unpaired) electrons. The Morgan fingerprint density at radius 3 is 1.55 bits per heavy atom. The van der Waals surface area contributed by atoms with Crippen LogP contribution in [0, 0.1) is 0 Å². The smallest absolute Gasteiger partial charge is 0.166 e. The molecule has 9 aromatic carbocycles. The molecule has 0 aliphatic carbocycles. The summed E-state index contributed by atoms with van der Waals surface area (Å²) >= 11 is 1.84. The summed E-state index contributed by atoms with van der Waals surface area (Å²) in [7, 11) is 0. The van der Waals surface area contributed by atoms with Crippen molar-refractivity contribution in [1.82, 2.24) is 24.1 Å². The summed E-state index contributed by atoms with van der Waals surface area (Å²) in [4.78, 5) is 18.7. The molecule has 0 spiro atoms. The lowest BCUT2D eigenvalue weighted by molar-refractivity contribution is 1.02. The van der Waals surface area contributed by atoms with Gasteiger partial charge in [0.15, 0.2) is 17.5 Å². The van der Waals surface area contributed by atoms with Crippen molar-refractivity contribution in [2.45, 2.75) is 9.79 Å². The number of benzene rings is 9. The minimum Gasteiger partial charge on any atom is -0.294 e. The highest BCUT2D eigenvalue weighted by Gasteiger charge is 2.29. The molecule has 0 unspecified atom stereocenters. The lowest BCUT2D eigenvalue weighted by Crippen LogP contribution is -2.07. The summed E-state index contributed by atoms with van der Waals surface area (Å²) in [5.41, 5.74) is 15.0. The molecule has 5 nitrogen and oxygen atoms in total. The predicted molar refractivity (Wildman–Crippen MR) is 268 cm³/mol. The first kappa shape index (κ1) is 37.3. The van der Waals surface area contributed by atoms with E-state index in [2.05, 4.69) is 228 Å². The van der Waals surface area contributed by atoms with Crippen LogP contribution < -0.4 is 0 Å². The lowest BCUT2D eigenvalue weighted by atomic mass is 9.96. The van der Waals surface area contributed by atoms with Crippen LogP contribution in [0.15, 0.2) is 234 Å². The third kappa shape index (κ3) is 6.21. The molecular weight excluding hydrogens is 811 g/mol. The maximum atomic E-state index is 5.48. The zero-order valence-electron chi connectivity index (χ0n) is 35.0. The van der Waals surface area contributed by atoms with Gasteiger partial charge in [0.25, 0.3) is 0 Å². The Bertz CT molecular complexity index is 3740. The number of hydrogen-bond acceptors (Lipinski definition) is 4. The third-order valence-corrected chi connectivity index (χ3v) is 13.6. The quantitative estimate of drug-likeness (QED) is 0.160. The Kier molecular flexibility index (Phi) is 8.71. The molecule has 0 amide bonds. The molecule has 1 aliphatic heterocycles. The molecule has 0 atom stereocenters. The number of nitrogens with zero attached hydrogens (tertiary/aromatic N) is 5. The summed E-state index contributed by atoms with van der Waals surface area (Å²) in [5, 5.41) is 3.66. The molecule has 3 aromatic heterocycles. The van der Waals surface area contributed by atoms with Crippen molar-refractivity contribution >= 4 is 44.6 Å². The number of hydrogen-bond donors (Lipinski definition) is 0. The summed E-state index contributed by atoms with van der Waals surface area (Å²) in [6, 6.07) is 79.6. The van der Waals surface area contributed by atoms with E-state index >= 15 is 0 Å². The maximum Gasteiger partial charge on any atom is 0.166 e. The molecule has 0 saturated heterocycles. The van der Waals surface area contributed by atoms with Gasteiger partial charge in [0.2, 0.25) is 0 Å². The average molecular weight is 848 g/mol. The topological polar surface area (TPSA) is 48.5 Å². The van der Waals surface area contributed by atoms with Crippen LogP contribution in [0.2, 0.25) is 0 Å². The normalized spacial score (nSPS) is 11.9. The van der Waals surface area contributed by atoms with Crippen molar-refractivity contribution in [3.05, 3.63) is 224 Å². The summed E-state index contributed by atoms with van der Waals surface area (Å²) in [5.74, 6) is 1.79. The van der Waals surface area contributed by atoms with Crippen molar-refractivity contribution in [1.29, 1.82) is 0 Å². The van der Waals surface area contributed by atoms with Gasteiger partial charge in [-0.05, 0) is 94.0 Å². The first-order chi connectivity index (χ1) is 32.2. The molecule has 12 aromatic rings. The zero-order valence-corrected chi connectivity index (χ0v) is 35.8. The first-order valence-electron chi connectivity index (χ1n) is 21.9. The van der Waals surface area contributed by atoms with Gasteiger partial charge >= 0.3 is 0 Å². The van der Waals surface area contributed by atoms with E-state index in [1.807, 2.05) is 17.8 Å². The van der Waals surface area contributed by atoms with Crippen molar-refractivity contribution in [3.63, 3.8) is 0 Å². The van der Waals surface area contributed by atoms with Gasteiger partial charge in [-0.1, -0.05) is 176 Å². The Labute approximate surface area is 380 Å².